The van der Waals surface area contributed by atoms with Gasteiger partial charge < -0.3 is 15.4 Å². The van der Waals surface area contributed by atoms with Crippen molar-refractivity contribution in [2.45, 2.75) is 33.2 Å². The first-order valence-electron chi connectivity index (χ1n) is 6.97. The van der Waals surface area contributed by atoms with Crippen LogP contribution < -0.4 is 10.5 Å². The molecule has 0 heterocycles. The van der Waals surface area contributed by atoms with Crippen molar-refractivity contribution in [3.8, 4) is 5.75 Å². The van der Waals surface area contributed by atoms with E-state index in [4.69, 9.17) is 22.7 Å². The maximum atomic E-state index is 5.75. The summed E-state index contributed by atoms with van der Waals surface area (Å²) in [5, 5.41) is 0. The third-order valence-electron chi connectivity index (χ3n) is 3.64. The largest absolute Gasteiger partial charge is 0.496 e. The van der Waals surface area contributed by atoms with E-state index in [1.54, 1.807) is 7.11 Å². The van der Waals surface area contributed by atoms with Crippen LogP contribution in [0.1, 0.15) is 32.3 Å². The second-order valence-electron chi connectivity index (χ2n) is 5.90. The molecular weight excluding hydrogens is 268 g/mol. The van der Waals surface area contributed by atoms with Crippen LogP contribution in [0, 0.1) is 5.41 Å². The van der Waals surface area contributed by atoms with Crippen LogP contribution in [0.4, 0.5) is 0 Å². The Bertz CT molecular complexity index is 446. The third-order valence-corrected chi connectivity index (χ3v) is 4.19. The van der Waals surface area contributed by atoms with E-state index in [1.165, 1.54) is 5.56 Å². The Morgan fingerprint density at radius 1 is 1.35 bits per heavy atom. The minimum atomic E-state index is -0.0550. The summed E-state index contributed by atoms with van der Waals surface area (Å²) < 4.78 is 5.38. The van der Waals surface area contributed by atoms with Gasteiger partial charge in [0.15, 0.2) is 0 Å². The summed E-state index contributed by atoms with van der Waals surface area (Å²) in [6, 6.07) is 8.14. The normalized spacial score (nSPS) is 11.7. The topological polar surface area (TPSA) is 38.5 Å². The van der Waals surface area contributed by atoms with Gasteiger partial charge in [0.1, 0.15) is 5.75 Å². The highest BCUT2D eigenvalue weighted by atomic mass is 32.1. The highest BCUT2D eigenvalue weighted by Crippen LogP contribution is 2.23. The molecule has 1 aromatic rings. The first kappa shape index (κ1) is 16.9. The highest BCUT2D eigenvalue weighted by molar-refractivity contribution is 7.80. The van der Waals surface area contributed by atoms with Crippen molar-refractivity contribution in [2.75, 3.05) is 20.7 Å². The van der Waals surface area contributed by atoms with Gasteiger partial charge in [-0.15, -0.1) is 0 Å². The minimum Gasteiger partial charge on any atom is -0.496 e. The van der Waals surface area contributed by atoms with Crippen LogP contribution in [-0.4, -0.2) is 30.6 Å². The molecule has 112 valence electrons. The summed E-state index contributed by atoms with van der Waals surface area (Å²) in [7, 11) is 3.84. The number of nitrogens with two attached hydrogens (primary N) is 1. The number of benzene rings is 1. The summed E-state index contributed by atoms with van der Waals surface area (Å²) >= 11 is 5.10. The van der Waals surface area contributed by atoms with Gasteiger partial charge in [0.2, 0.25) is 0 Å². The molecule has 0 unspecified atom stereocenters. The van der Waals surface area contributed by atoms with Gasteiger partial charge in [-0.3, -0.25) is 0 Å². The second-order valence-corrected chi connectivity index (χ2v) is 6.34. The Hall–Kier alpha value is -1.13. The summed E-state index contributed by atoms with van der Waals surface area (Å²) in [6.07, 6.45) is 2.09. The van der Waals surface area contributed by atoms with E-state index in [-0.39, 0.29) is 5.41 Å². The molecule has 1 rings (SSSR count). The number of ether oxygens (including phenoxy) is 1. The monoisotopic (exact) mass is 294 g/mol. The fraction of sp³-hybridized carbons (Fsp3) is 0.562. The molecule has 0 amide bonds. The molecule has 3 nitrogen and oxygen atoms in total. The molecule has 0 spiro atoms. The van der Waals surface area contributed by atoms with E-state index in [0.29, 0.717) is 4.99 Å². The molecular formula is C16H26N2OS. The third kappa shape index (κ3) is 5.10. The molecule has 1 aromatic carbocycles. The smallest absolute Gasteiger partial charge is 0.123 e. The quantitative estimate of drug-likeness (QED) is 0.747. The van der Waals surface area contributed by atoms with E-state index in [1.807, 2.05) is 18.2 Å². The fourth-order valence-corrected chi connectivity index (χ4v) is 2.22. The Labute approximate surface area is 128 Å². The molecule has 4 heteroatoms. The average Bonchev–Trinajstić information content (AvgIpc) is 2.39. The Morgan fingerprint density at radius 3 is 2.60 bits per heavy atom. The van der Waals surface area contributed by atoms with E-state index in [9.17, 15) is 0 Å². The van der Waals surface area contributed by atoms with Crippen LogP contribution in [0.15, 0.2) is 24.3 Å². The molecule has 0 aliphatic carbocycles. The molecule has 0 saturated heterocycles. The van der Waals surface area contributed by atoms with Gasteiger partial charge >= 0.3 is 0 Å². The summed E-state index contributed by atoms with van der Waals surface area (Å²) in [4.78, 5) is 2.90. The van der Waals surface area contributed by atoms with Gasteiger partial charge in [-0.05, 0) is 32.5 Å². The molecule has 0 aliphatic rings. The molecule has 0 aromatic heterocycles. The second kappa shape index (κ2) is 7.60. The lowest BCUT2D eigenvalue weighted by Crippen LogP contribution is -2.31. The van der Waals surface area contributed by atoms with Gasteiger partial charge in [-0.1, -0.05) is 44.3 Å². The lowest BCUT2D eigenvalue weighted by Gasteiger charge is -2.25. The fourth-order valence-electron chi connectivity index (χ4n) is 2.12. The minimum absolute atomic E-state index is 0.0550. The summed E-state index contributed by atoms with van der Waals surface area (Å²) in [5.74, 6) is 0.947. The summed E-state index contributed by atoms with van der Waals surface area (Å²) in [5.41, 5.74) is 6.91. The summed E-state index contributed by atoms with van der Waals surface area (Å²) in [6.45, 7) is 6.12. The highest BCUT2D eigenvalue weighted by Gasteiger charge is 2.20. The molecule has 0 bridgehead atoms. The van der Waals surface area contributed by atoms with Crippen molar-refractivity contribution in [3.63, 3.8) is 0 Å². The van der Waals surface area contributed by atoms with Crippen molar-refractivity contribution >= 4 is 17.2 Å². The number of rotatable bonds is 8. The zero-order valence-electron chi connectivity index (χ0n) is 13.0. The molecule has 0 radical (unpaired) electrons. The maximum Gasteiger partial charge on any atom is 0.123 e. The van der Waals surface area contributed by atoms with Gasteiger partial charge in [0.05, 0.1) is 12.1 Å². The molecule has 2 N–H and O–H groups in total. The van der Waals surface area contributed by atoms with Crippen molar-refractivity contribution in [3.05, 3.63) is 29.8 Å². The van der Waals surface area contributed by atoms with Crippen molar-refractivity contribution in [1.82, 2.24) is 4.90 Å². The Balaban J connectivity index is 2.44. The van der Waals surface area contributed by atoms with Gasteiger partial charge in [0.25, 0.3) is 0 Å². The number of para-hydroxylation sites is 1. The number of hydrogen-bond acceptors (Lipinski definition) is 3. The first-order valence-corrected chi connectivity index (χ1v) is 7.38. The molecule has 0 saturated carbocycles. The Kier molecular flexibility index (Phi) is 6.43. The molecule has 0 atom stereocenters. The first-order chi connectivity index (χ1) is 9.36. The van der Waals surface area contributed by atoms with Gasteiger partial charge in [-0.2, -0.15) is 0 Å². The van der Waals surface area contributed by atoms with E-state index >= 15 is 0 Å². The van der Waals surface area contributed by atoms with E-state index in [0.717, 1.165) is 31.7 Å². The molecule has 20 heavy (non-hydrogen) atoms. The van der Waals surface area contributed by atoms with E-state index in [2.05, 4.69) is 31.9 Å². The standard InChI is InChI=1S/C16H26N2OS/c1-16(2,15(17)20)10-7-11-18(3)12-13-8-5-6-9-14(13)19-4/h5-6,8-9H,7,10-12H2,1-4H3,(H2,17,20). The van der Waals surface area contributed by atoms with Crippen molar-refractivity contribution in [2.24, 2.45) is 11.1 Å². The van der Waals surface area contributed by atoms with Crippen LogP contribution in [0.2, 0.25) is 0 Å². The van der Waals surface area contributed by atoms with Gasteiger partial charge in [0, 0.05) is 17.5 Å². The van der Waals surface area contributed by atoms with Crippen LogP contribution in [-0.2, 0) is 6.54 Å². The zero-order chi connectivity index (χ0) is 15.2. The predicted molar refractivity (Wildman–Crippen MR) is 89.1 cm³/mol. The maximum absolute atomic E-state index is 5.75. The lowest BCUT2D eigenvalue weighted by molar-refractivity contribution is 0.295. The average molecular weight is 294 g/mol. The predicted octanol–water partition coefficient (Wildman–Crippen LogP) is 3.22. The van der Waals surface area contributed by atoms with Crippen LogP contribution in [0.5, 0.6) is 5.75 Å². The SMILES string of the molecule is COc1ccccc1CN(C)CCCC(C)(C)C(N)=S. The molecule has 0 fully saturated rings. The van der Waals surface area contributed by atoms with Crippen molar-refractivity contribution < 1.29 is 4.74 Å². The van der Waals surface area contributed by atoms with E-state index < -0.39 is 0 Å². The molecule has 0 aliphatic heterocycles. The number of methoxy groups -OCH3 is 1. The zero-order valence-corrected chi connectivity index (χ0v) is 13.8. The van der Waals surface area contributed by atoms with Crippen LogP contribution in [0.3, 0.4) is 0 Å². The number of thiocarbonyl (C=S) groups is 1. The van der Waals surface area contributed by atoms with Crippen molar-refractivity contribution in [1.29, 1.82) is 0 Å². The number of nitrogens with zero attached hydrogens (tertiary/aromatic N) is 1. The number of hydrogen-bond donors (Lipinski definition) is 1. The van der Waals surface area contributed by atoms with Crippen LogP contribution in [0.25, 0.3) is 0 Å². The van der Waals surface area contributed by atoms with Crippen LogP contribution >= 0.6 is 12.2 Å². The Morgan fingerprint density at radius 2 is 2.00 bits per heavy atom. The van der Waals surface area contributed by atoms with Gasteiger partial charge in [-0.25, -0.2) is 0 Å². The lowest BCUT2D eigenvalue weighted by atomic mass is 9.88.